The van der Waals surface area contributed by atoms with Crippen LogP contribution in [-0.4, -0.2) is 41.5 Å². The van der Waals surface area contributed by atoms with Crippen molar-refractivity contribution in [1.82, 2.24) is 10.2 Å². The molecule has 1 saturated heterocycles. The summed E-state index contributed by atoms with van der Waals surface area (Å²) in [7, 11) is 0. The average molecular weight is 387 g/mol. The summed E-state index contributed by atoms with van der Waals surface area (Å²) < 4.78 is 12.9. The minimum Gasteiger partial charge on any atom is -0.341 e. The summed E-state index contributed by atoms with van der Waals surface area (Å²) in [5.74, 6) is -0.374. The number of halogens is 2. The van der Waals surface area contributed by atoms with E-state index >= 15 is 0 Å². The number of likely N-dealkylation sites (tertiary alicyclic amines) is 1. The molecule has 1 unspecified atom stereocenters. The van der Waals surface area contributed by atoms with Gasteiger partial charge in [0.05, 0.1) is 5.54 Å². The molecule has 0 aliphatic carbocycles. The minimum absolute atomic E-state index is 0. The van der Waals surface area contributed by atoms with Gasteiger partial charge < -0.3 is 21.3 Å². The van der Waals surface area contributed by atoms with Crippen molar-refractivity contribution in [2.45, 2.75) is 51.1 Å². The molecule has 0 aromatic heterocycles. The molecule has 4 N–H and O–H groups in total. The molecule has 1 heterocycles. The van der Waals surface area contributed by atoms with E-state index in [1.807, 2.05) is 6.92 Å². The average Bonchev–Trinajstić information content (AvgIpc) is 2.57. The number of urea groups is 1. The Labute approximate surface area is 160 Å². The van der Waals surface area contributed by atoms with Crippen molar-refractivity contribution in [2.75, 3.05) is 18.4 Å². The maximum atomic E-state index is 12.9. The Kier molecular flexibility index (Phi) is 8.30. The zero-order valence-corrected chi connectivity index (χ0v) is 16.1. The fourth-order valence-corrected chi connectivity index (χ4v) is 3.10. The molecule has 1 aromatic rings. The van der Waals surface area contributed by atoms with Gasteiger partial charge >= 0.3 is 6.03 Å². The van der Waals surface area contributed by atoms with Gasteiger partial charge in [-0.3, -0.25) is 4.79 Å². The Morgan fingerprint density at radius 3 is 2.38 bits per heavy atom. The molecular formula is C18H28ClFN4O2. The molecular weight excluding hydrogens is 359 g/mol. The number of nitrogens with two attached hydrogens (primary N) is 1. The van der Waals surface area contributed by atoms with Crippen LogP contribution >= 0.6 is 12.4 Å². The molecule has 0 spiro atoms. The summed E-state index contributed by atoms with van der Waals surface area (Å²) >= 11 is 0. The number of rotatable bonds is 5. The molecule has 2 rings (SSSR count). The number of hydrogen-bond acceptors (Lipinski definition) is 3. The van der Waals surface area contributed by atoms with Gasteiger partial charge in [-0.15, -0.1) is 12.4 Å². The van der Waals surface area contributed by atoms with Crippen LogP contribution in [0.15, 0.2) is 24.3 Å². The molecule has 1 atom stereocenters. The molecule has 146 valence electrons. The van der Waals surface area contributed by atoms with E-state index in [1.165, 1.54) is 24.3 Å². The van der Waals surface area contributed by atoms with Gasteiger partial charge in [0, 0.05) is 24.8 Å². The van der Waals surface area contributed by atoms with Crippen molar-refractivity contribution >= 4 is 30.0 Å². The van der Waals surface area contributed by atoms with Crippen LogP contribution in [0.3, 0.4) is 0 Å². The first-order valence-electron chi connectivity index (χ1n) is 8.73. The number of hydrogen-bond donors (Lipinski definition) is 3. The molecule has 26 heavy (non-hydrogen) atoms. The van der Waals surface area contributed by atoms with E-state index in [-0.39, 0.29) is 36.2 Å². The van der Waals surface area contributed by atoms with Gasteiger partial charge in [0.25, 0.3) is 0 Å². The molecule has 1 aromatic carbocycles. The first-order chi connectivity index (χ1) is 11.8. The van der Waals surface area contributed by atoms with Crippen LogP contribution in [0.1, 0.15) is 39.5 Å². The van der Waals surface area contributed by atoms with Crippen LogP contribution in [0.25, 0.3) is 0 Å². The zero-order chi connectivity index (χ0) is 18.4. The number of carbonyl (C=O) groups is 2. The summed E-state index contributed by atoms with van der Waals surface area (Å²) in [5.41, 5.74) is 5.82. The zero-order valence-electron chi connectivity index (χ0n) is 15.3. The second-order valence-electron chi connectivity index (χ2n) is 6.84. The Morgan fingerprint density at radius 1 is 1.27 bits per heavy atom. The Hall–Kier alpha value is -1.86. The maximum Gasteiger partial charge on any atom is 0.319 e. The maximum absolute atomic E-state index is 12.9. The topological polar surface area (TPSA) is 87.5 Å². The third-order valence-corrected chi connectivity index (χ3v) is 4.48. The first-order valence-corrected chi connectivity index (χ1v) is 8.73. The van der Waals surface area contributed by atoms with Crippen LogP contribution in [-0.2, 0) is 4.79 Å². The number of benzene rings is 1. The number of amides is 3. The molecule has 0 bridgehead atoms. The molecule has 6 nitrogen and oxygen atoms in total. The van der Waals surface area contributed by atoms with E-state index < -0.39 is 5.54 Å². The van der Waals surface area contributed by atoms with E-state index in [9.17, 15) is 14.0 Å². The fraction of sp³-hybridized carbons (Fsp3) is 0.556. The van der Waals surface area contributed by atoms with E-state index in [0.717, 1.165) is 6.42 Å². The van der Waals surface area contributed by atoms with Gasteiger partial charge in [0.2, 0.25) is 5.91 Å². The lowest BCUT2D eigenvalue weighted by Gasteiger charge is -2.37. The SMILES string of the molecule is CCCC(C)(N)C(=O)N1CCC(NC(=O)Nc2ccc(F)cc2)CC1.Cl. The normalized spacial score (nSPS) is 17.0. The molecule has 3 amide bonds. The van der Waals surface area contributed by atoms with Crippen molar-refractivity contribution in [3.63, 3.8) is 0 Å². The lowest BCUT2D eigenvalue weighted by molar-refractivity contribution is -0.137. The predicted octanol–water partition coefficient (Wildman–Crippen LogP) is 2.88. The van der Waals surface area contributed by atoms with Crippen molar-refractivity contribution < 1.29 is 14.0 Å². The van der Waals surface area contributed by atoms with E-state index in [1.54, 1.807) is 11.8 Å². The number of anilines is 1. The van der Waals surface area contributed by atoms with Gasteiger partial charge in [0.15, 0.2) is 0 Å². The molecule has 1 aliphatic heterocycles. The summed E-state index contributed by atoms with van der Waals surface area (Å²) in [6.07, 6.45) is 2.89. The van der Waals surface area contributed by atoms with Crippen molar-refractivity contribution in [1.29, 1.82) is 0 Å². The van der Waals surface area contributed by atoms with Crippen LogP contribution in [0.2, 0.25) is 0 Å². The first kappa shape index (κ1) is 22.2. The predicted molar refractivity (Wildman–Crippen MR) is 103 cm³/mol. The summed E-state index contributed by atoms with van der Waals surface area (Å²) in [4.78, 5) is 26.3. The van der Waals surface area contributed by atoms with Crippen molar-refractivity contribution in [3.8, 4) is 0 Å². The van der Waals surface area contributed by atoms with Gasteiger partial charge in [-0.1, -0.05) is 13.3 Å². The second kappa shape index (κ2) is 9.73. The molecule has 0 radical (unpaired) electrons. The molecule has 8 heteroatoms. The molecule has 1 aliphatic rings. The largest absolute Gasteiger partial charge is 0.341 e. The Bertz CT molecular complexity index is 602. The fourth-order valence-electron chi connectivity index (χ4n) is 3.10. The van der Waals surface area contributed by atoms with E-state index in [0.29, 0.717) is 38.0 Å². The van der Waals surface area contributed by atoms with Gasteiger partial charge in [-0.05, 0) is 50.5 Å². The highest BCUT2D eigenvalue weighted by Crippen LogP contribution is 2.18. The van der Waals surface area contributed by atoms with E-state index in [2.05, 4.69) is 10.6 Å². The summed E-state index contributed by atoms with van der Waals surface area (Å²) in [6, 6.07) is 5.27. The lowest BCUT2D eigenvalue weighted by atomic mass is 9.94. The third kappa shape index (κ3) is 6.14. The van der Waals surface area contributed by atoms with Crippen molar-refractivity contribution in [2.24, 2.45) is 5.73 Å². The van der Waals surface area contributed by atoms with Crippen LogP contribution in [0, 0.1) is 5.82 Å². The number of carbonyl (C=O) groups excluding carboxylic acids is 2. The highest BCUT2D eigenvalue weighted by Gasteiger charge is 2.34. The molecule has 0 saturated carbocycles. The minimum atomic E-state index is -0.824. The van der Waals surface area contributed by atoms with Crippen LogP contribution < -0.4 is 16.4 Å². The summed E-state index contributed by atoms with van der Waals surface area (Å²) in [6.45, 7) is 4.95. The van der Waals surface area contributed by atoms with Crippen molar-refractivity contribution in [3.05, 3.63) is 30.1 Å². The number of nitrogens with zero attached hydrogens (tertiary/aromatic N) is 1. The van der Waals surface area contributed by atoms with Gasteiger partial charge in [-0.25, -0.2) is 9.18 Å². The van der Waals surface area contributed by atoms with Gasteiger partial charge in [0.1, 0.15) is 5.82 Å². The monoisotopic (exact) mass is 386 g/mol. The second-order valence-corrected chi connectivity index (χ2v) is 6.84. The lowest BCUT2D eigenvalue weighted by Crippen LogP contribution is -2.56. The highest BCUT2D eigenvalue weighted by molar-refractivity contribution is 5.89. The highest BCUT2D eigenvalue weighted by atomic mass is 35.5. The number of piperidine rings is 1. The quantitative estimate of drug-likeness (QED) is 0.727. The van der Waals surface area contributed by atoms with Gasteiger partial charge in [-0.2, -0.15) is 0 Å². The smallest absolute Gasteiger partial charge is 0.319 e. The van der Waals surface area contributed by atoms with Crippen LogP contribution in [0.4, 0.5) is 14.9 Å². The van der Waals surface area contributed by atoms with E-state index in [4.69, 9.17) is 5.73 Å². The van der Waals surface area contributed by atoms with Crippen LogP contribution in [0.5, 0.6) is 0 Å². The Morgan fingerprint density at radius 2 is 1.85 bits per heavy atom. The Balaban J connectivity index is 0.00000338. The summed E-state index contributed by atoms with van der Waals surface area (Å²) in [5, 5.41) is 5.57. The standard InChI is InChI=1S/C18H27FN4O2.ClH/c1-3-10-18(2,20)16(24)23-11-8-15(9-12-23)22-17(25)21-14-6-4-13(19)5-7-14;/h4-7,15H,3,8-12,20H2,1-2H3,(H2,21,22,25);1H. The third-order valence-electron chi connectivity index (χ3n) is 4.48. The number of nitrogens with one attached hydrogen (secondary N) is 2. The molecule has 1 fully saturated rings.